The standard InChI is InChI=1S/C30H23N3O5/c34-28-27(32-26(19-37-29(32)35)21-9-3-1-4-10-21)25(33(28)30(36)38-23-12-5-2-6-13-23)16-15-20-17-22-11-7-8-14-24(22)31-18-20/h1-18,25-27H,19H2/b16-15+/t25-,26-,27-/m1/s1. The summed E-state index contributed by atoms with van der Waals surface area (Å²) in [6, 6.07) is 25.5. The van der Waals surface area contributed by atoms with E-state index in [1.54, 1.807) is 48.7 Å². The molecule has 0 aliphatic carbocycles. The van der Waals surface area contributed by atoms with Crippen molar-refractivity contribution < 1.29 is 23.9 Å². The van der Waals surface area contributed by atoms with Crippen molar-refractivity contribution in [3.8, 4) is 5.75 Å². The molecule has 2 fully saturated rings. The van der Waals surface area contributed by atoms with E-state index < -0.39 is 36.2 Å². The molecule has 2 saturated heterocycles. The lowest BCUT2D eigenvalue weighted by Gasteiger charge is -2.47. The highest BCUT2D eigenvalue weighted by Gasteiger charge is 2.58. The molecule has 3 heterocycles. The number of nitrogens with zero attached hydrogens (tertiary/aromatic N) is 3. The van der Waals surface area contributed by atoms with Crippen molar-refractivity contribution in [3.63, 3.8) is 0 Å². The van der Waals surface area contributed by atoms with Crippen molar-refractivity contribution in [2.75, 3.05) is 6.61 Å². The predicted molar refractivity (Wildman–Crippen MR) is 140 cm³/mol. The Morgan fingerprint density at radius 3 is 2.45 bits per heavy atom. The number of carbonyl (C=O) groups is 3. The number of rotatable bonds is 5. The summed E-state index contributed by atoms with van der Waals surface area (Å²) in [7, 11) is 0. The molecule has 0 bridgehead atoms. The van der Waals surface area contributed by atoms with Crippen molar-refractivity contribution >= 4 is 35.1 Å². The van der Waals surface area contributed by atoms with E-state index in [0.717, 1.165) is 26.9 Å². The zero-order chi connectivity index (χ0) is 26.1. The van der Waals surface area contributed by atoms with Gasteiger partial charge in [-0.05, 0) is 35.4 Å². The van der Waals surface area contributed by atoms with Crippen molar-refractivity contribution in [3.05, 3.63) is 114 Å². The molecular formula is C30H23N3O5. The van der Waals surface area contributed by atoms with Crippen LogP contribution in [0.15, 0.2) is 103 Å². The molecule has 6 rings (SSSR count). The molecule has 2 aliphatic heterocycles. The molecule has 3 amide bonds. The van der Waals surface area contributed by atoms with Crippen LogP contribution in [-0.2, 0) is 9.53 Å². The van der Waals surface area contributed by atoms with Crippen LogP contribution in [0.25, 0.3) is 17.0 Å². The second-order valence-electron chi connectivity index (χ2n) is 9.06. The highest BCUT2D eigenvalue weighted by Crippen LogP contribution is 2.37. The molecule has 8 heteroatoms. The van der Waals surface area contributed by atoms with E-state index in [4.69, 9.17) is 9.47 Å². The topological polar surface area (TPSA) is 89.0 Å². The van der Waals surface area contributed by atoms with Gasteiger partial charge in [-0.15, -0.1) is 0 Å². The van der Waals surface area contributed by atoms with Gasteiger partial charge in [-0.3, -0.25) is 14.7 Å². The normalized spacial score (nSPS) is 21.0. The highest BCUT2D eigenvalue weighted by atomic mass is 16.6. The minimum atomic E-state index is -0.928. The summed E-state index contributed by atoms with van der Waals surface area (Å²) < 4.78 is 10.8. The number of likely N-dealkylation sites (tertiary alicyclic amines) is 1. The Kier molecular flexibility index (Phi) is 6.05. The minimum absolute atomic E-state index is 0.117. The van der Waals surface area contributed by atoms with Gasteiger partial charge in [0.2, 0.25) is 0 Å². The summed E-state index contributed by atoms with van der Waals surface area (Å²) in [5.41, 5.74) is 2.50. The Labute approximate surface area is 218 Å². The summed E-state index contributed by atoms with van der Waals surface area (Å²) in [5.74, 6) is -0.213. The number of amides is 3. The van der Waals surface area contributed by atoms with Gasteiger partial charge in [-0.1, -0.05) is 78.9 Å². The van der Waals surface area contributed by atoms with Crippen LogP contribution in [0.5, 0.6) is 5.75 Å². The fourth-order valence-corrected chi connectivity index (χ4v) is 4.88. The van der Waals surface area contributed by atoms with Crippen LogP contribution in [0, 0.1) is 0 Å². The van der Waals surface area contributed by atoms with Crippen LogP contribution in [0.4, 0.5) is 9.59 Å². The van der Waals surface area contributed by atoms with Gasteiger partial charge in [-0.2, -0.15) is 0 Å². The van der Waals surface area contributed by atoms with E-state index in [1.165, 1.54) is 4.90 Å². The van der Waals surface area contributed by atoms with Gasteiger partial charge in [-0.25, -0.2) is 14.5 Å². The van der Waals surface area contributed by atoms with Gasteiger partial charge in [0.25, 0.3) is 5.91 Å². The average Bonchev–Trinajstić information content (AvgIpc) is 3.32. The number of aromatic nitrogens is 1. The van der Waals surface area contributed by atoms with Crippen molar-refractivity contribution in [2.24, 2.45) is 0 Å². The van der Waals surface area contributed by atoms with Gasteiger partial charge in [0.15, 0.2) is 0 Å². The van der Waals surface area contributed by atoms with Gasteiger partial charge in [0.05, 0.1) is 17.6 Å². The number of hydrogen-bond acceptors (Lipinski definition) is 6. The van der Waals surface area contributed by atoms with E-state index >= 15 is 0 Å². The first kappa shape index (κ1) is 23.4. The maximum atomic E-state index is 13.4. The Balaban J connectivity index is 1.33. The molecule has 0 N–H and O–H groups in total. The van der Waals surface area contributed by atoms with Crippen LogP contribution >= 0.6 is 0 Å². The Hall–Kier alpha value is -4.98. The molecule has 0 saturated carbocycles. The summed E-state index contributed by atoms with van der Waals surface area (Å²) in [6.45, 7) is 0.117. The van der Waals surface area contributed by atoms with Crippen molar-refractivity contribution in [1.82, 2.24) is 14.8 Å². The highest BCUT2D eigenvalue weighted by molar-refractivity contribution is 6.04. The number of imide groups is 1. The summed E-state index contributed by atoms with van der Waals surface area (Å²) in [6.07, 6.45) is 3.84. The number of benzene rings is 3. The Bertz CT molecular complexity index is 1540. The number of ether oxygens (including phenoxy) is 2. The molecular weight excluding hydrogens is 482 g/mol. The number of para-hydroxylation sites is 2. The molecule has 0 radical (unpaired) electrons. The van der Waals surface area contributed by atoms with E-state index in [1.807, 2.05) is 60.7 Å². The van der Waals surface area contributed by atoms with Crippen LogP contribution in [0.1, 0.15) is 17.2 Å². The number of pyridine rings is 1. The second-order valence-corrected chi connectivity index (χ2v) is 9.06. The van der Waals surface area contributed by atoms with Crippen molar-refractivity contribution in [1.29, 1.82) is 0 Å². The van der Waals surface area contributed by atoms with Gasteiger partial charge in [0.1, 0.15) is 18.4 Å². The lowest BCUT2D eigenvalue weighted by atomic mass is 9.91. The second kappa shape index (κ2) is 9.82. The van der Waals surface area contributed by atoms with E-state index in [2.05, 4.69) is 4.98 Å². The first-order valence-electron chi connectivity index (χ1n) is 12.2. The third kappa shape index (κ3) is 4.26. The SMILES string of the molecule is O=C(Oc1ccccc1)N1C(=O)[C@H](N2C(=O)OC[C@@H]2c2ccccc2)[C@H]1/C=C/c1cnc2ccccc2c1. The van der Waals surface area contributed by atoms with Crippen LogP contribution in [0.2, 0.25) is 0 Å². The fraction of sp³-hybridized carbons (Fsp3) is 0.133. The third-order valence-electron chi connectivity index (χ3n) is 6.75. The molecule has 8 nitrogen and oxygen atoms in total. The van der Waals surface area contributed by atoms with Gasteiger partial charge >= 0.3 is 12.2 Å². The fourth-order valence-electron chi connectivity index (χ4n) is 4.88. The molecule has 3 atom stereocenters. The molecule has 4 aromatic rings. The summed E-state index contributed by atoms with van der Waals surface area (Å²) in [4.78, 5) is 46.3. The molecule has 0 spiro atoms. The first-order valence-corrected chi connectivity index (χ1v) is 12.2. The van der Waals surface area contributed by atoms with Gasteiger partial charge < -0.3 is 9.47 Å². The predicted octanol–water partition coefficient (Wildman–Crippen LogP) is 5.22. The zero-order valence-corrected chi connectivity index (χ0v) is 20.2. The molecule has 188 valence electrons. The van der Waals surface area contributed by atoms with E-state index in [9.17, 15) is 14.4 Å². The molecule has 1 aromatic heterocycles. The van der Waals surface area contributed by atoms with Crippen molar-refractivity contribution in [2.45, 2.75) is 18.1 Å². The Morgan fingerprint density at radius 1 is 0.947 bits per heavy atom. The number of cyclic esters (lactones) is 1. The number of fused-ring (bicyclic) bond motifs is 1. The average molecular weight is 506 g/mol. The van der Waals surface area contributed by atoms with Gasteiger partial charge in [0, 0.05) is 11.6 Å². The maximum absolute atomic E-state index is 13.4. The maximum Gasteiger partial charge on any atom is 0.422 e. The lowest BCUT2D eigenvalue weighted by Crippen LogP contribution is -2.72. The quantitative estimate of drug-likeness (QED) is 0.346. The third-order valence-corrected chi connectivity index (χ3v) is 6.75. The first-order chi connectivity index (χ1) is 18.6. The Morgan fingerprint density at radius 2 is 1.66 bits per heavy atom. The minimum Gasteiger partial charge on any atom is -0.447 e. The molecule has 38 heavy (non-hydrogen) atoms. The monoisotopic (exact) mass is 505 g/mol. The van der Waals surface area contributed by atoms with E-state index in [0.29, 0.717) is 5.75 Å². The molecule has 3 aromatic carbocycles. The van der Waals surface area contributed by atoms with Crippen LogP contribution in [0.3, 0.4) is 0 Å². The zero-order valence-electron chi connectivity index (χ0n) is 20.2. The summed E-state index contributed by atoms with van der Waals surface area (Å²) in [5, 5.41) is 0.962. The van der Waals surface area contributed by atoms with E-state index in [-0.39, 0.29) is 6.61 Å². The summed E-state index contributed by atoms with van der Waals surface area (Å²) >= 11 is 0. The van der Waals surface area contributed by atoms with Crippen LogP contribution < -0.4 is 4.74 Å². The molecule has 0 unspecified atom stereocenters. The lowest BCUT2D eigenvalue weighted by molar-refractivity contribution is -0.150. The molecule has 2 aliphatic rings. The van der Waals surface area contributed by atoms with Crippen LogP contribution in [-0.4, -0.2) is 51.6 Å². The number of hydrogen-bond donors (Lipinski definition) is 0. The number of β-lactam (4-membered cyclic amide) rings is 1. The smallest absolute Gasteiger partial charge is 0.422 e. The number of carbonyl (C=O) groups excluding carboxylic acids is 3. The largest absolute Gasteiger partial charge is 0.447 e.